The molecule has 0 aromatic heterocycles. The van der Waals surface area contributed by atoms with Gasteiger partial charge in [0.25, 0.3) is 0 Å². The van der Waals surface area contributed by atoms with Crippen molar-refractivity contribution in [2.75, 3.05) is 6.61 Å². The Morgan fingerprint density at radius 3 is 2.71 bits per heavy atom. The first-order valence-electron chi connectivity index (χ1n) is 10.8. The van der Waals surface area contributed by atoms with Gasteiger partial charge < -0.3 is 19.7 Å². The van der Waals surface area contributed by atoms with Gasteiger partial charge in [-0.15, -0.1) is 0 Å². The van der Waals surface area contributed by atoms with E-state index in [-0.39, 0.29) is 35.2 Å². The maximum Gasteiger partial charge on any atom is 0.331 e. The highest BCUT2D eigenvalue weighted by molar-refractivity contribution is 5.85. The standard InChI is InChI=1S/C23H30O5/c1-21-7-5-18-19(3-2-15-11-16(25)4-8-22(15,18)13-24)23(21,27)9-6-17(21)14-10-20(26)28-12-14/h2,10,13,16-19,25,27H,3-9,11-12H2,1H3/t16-,17+,18+,19+,21+,22+,23-/m0/s1. The normalized spacial score (nSPS) is 50.0. The Labute approximate surface area is 165 Å². The number of allylic oxidation sites excluding steroid dienone is 1. The van der Waals surface area contributed by atoms with Crippen LogP contribution in [0, 0.1) is 28.6 Å². The van der Waals surface area contributed by atoms with E-state index in [9.17, 15) is 19.8 Å². The van der Waals surface area contributed by atoms with Crippen molar-refractivity contribution in [1.82, 2.24) is 0 Å². The lowest BCUT2D eigenvalue weighted by molar-refractivity contribution is -0.178. The van der Waals surface area contributed by atoms with Gasteiger partial charge in [-0.25, -0.2) is 4.79 Å². The second kappa shape index (κ2) is 6.02. The highest BCUT2D eigenvalue weighted by Gasteiger charge is 2.67. The molecule has 4 aliphatic carbocycles. The van der Waals surface area contributed by atoms with Crippen molar-refractivity contribution in [1.29, 1.82) is 0 Å². The predicted molar refractivity (Wildman–Crippen MR) is 102 cm³/mol. The van der Waals surface area contributed by atoms with Crippen LogP contribution in [0.1, 0.15) is 58.3 Å². The van der Waals surface area contributed by atoms with Crippen molar-refractivity contribution in [2.24, 2.45) is 28.6 Å². The van der Waals surface area contributed by atoms with Crippen LogP contribution < -0.4 is 0 Å². The van der Waals surface area contributed by atoms with Crippen LogP contribution >= 0.6 is 0 Å². The predicted octanol–water partition coefficient (Wildman–Crippen LogP) is 2.70. The molecule has 0 amide bonds. The maximum atomic E-state index is 12.4. The van der Waals surface area contributed by atoms with Gasteiger partial charge in [-0.05, 0) is 74.7 Å². The highest BCUT2D eigenvalue weighted by atomic mass is 16.5. The molecule has 152 valence electrons. The lowest BCUT2D eigenvalue weighted by atomic mass is 9.45. The Morgan fingerprint density at radius 2 is 2.00 bits per heavy atom. The number of aldehydes is 1. The van der Waals surface area contributed by atoms with Crippen molar-refractivity contribution < 1.29 is 24.5 Å². The van der Waals surface area contributed by atoms with Crippen LogP contribution in [0.4, 0.5) is 0 Å². The van der Waals surface area contributed by atoms with Gasteiger partial charge in [-0.1, -0.05) is 18.6 Å². The average Bonchev–Trinajstić information content (AvgIpc) is 3.22. The molecule has 0 bridgehead atoms. The number of hydrogen-bond acceptors (Lipinski definition) is 5. The number of rotatable bonds is 2. The molecule has 0 saturated heterocycles. The van der Waals surface area contributed by atoms with E-state index >= 15 is 0 Å². The van der Waals surface area contributed by atoms with Gasteiger partial charge in [0, 0.05) is 11.5 Å². The summed E-state index contributed by atoms with van der Waals surface area (Å²) in [5.41, 5.74) is 0.489. The van der Waals surface area contributed by atoms with Crippen LogP contribution in [0.15, 0.2) is 23.3 Å². The van der Waals surface area contributed by atoms with Crippen molar-refractivity contribution in [3.8, 4) is 0 Å². The minimum absolute atomic E-state index is 0.0547. The molecule has 5 rings (SSSR count). The smallest absolute Gasteiger partial charge is 0.331 e. The molecule has 5 nitrogen and oxygen atoms in total. The number of ether oxygens (including phenoxy) is 1. The number of carbonyl (C=O) groups is 2. The third kappa shape index (κ3) is 2.20. The number of aliphatic hydroxyl groups excluding tert-OH is 1. The molecule has 0 radical (unpaired) electrons. The van der Waals surface area contributed by atoms with E-state index in [0.717, 1.165) is 43.1 Å². The molecule has 28 heavy (non-hydrogen) atoms. The number of cyclic esters (lactones) is 1. The lowest BCUT2D eigenvalue weighted by Gasteiger charge is -2.60. The van der Waals surface area contributed by atoms with E-state index in [1.165, 1.54) is 0 Å². The summed E-state index contributed by atoms with van der Waals surface area (Å²) in [7, 11) is 0. The zero-order valence-corrected chi connectivity index (χ0v) is 16.5. The van der Waals surface area contributed by atoms with Crippen molar-refractivity contribution in [3.63, 3.8) is 0 Å². The average molecular weight is 386 g/mol. The van der Waals surface area contributed by atoms with Gasteiger partial charge in [-0.2, -0.15) is 0 Å². The third-order valence-electron chi connectivity index (χ3n) is 9.21. The van der Waals surface area contributed by atoms with E-state index in [4.69, 9.17) is 4.74 Å². The summed E-state index contributed by atoms with van der Waals surface area (Å²) in [5, 5.41) is 22.2. The van der Waals surface area contributed by atoms with E-state index in [0.29, 0.717) is 32.3 Å². The lowest BCUT2D eigenvalue weighted by Crippen LogP contribution is -2.61. The van der Waals surface area contributed by atoms with E-state index in [1.807, 2.05) is 0 Å². The number of carbonyl (C=O) groups excluding carboxylic acids is 2. The number of aliphatic hydroxyl groups is 2. The Hall–Kier alpha value is -1.46. The Bertz CT molecular complexity index is 784. The topological polar surface area (TPSA) is 83.8 Å². The zero-order valence-electron chi connectivity index (χ0n) is 16.5. The molecule has 0 spiro atoms. The number of hydrogen-bond donors (Lipinski definition) is 2. The molecule has 0 aromatic carbocycles. The first kappa shape index (κ1) is 18.6. The highest BCUT2D eigenvalue weighted by Crippen LogP contribution is 2.68. The summed E-state index contributed by atoms with van der Waals surface area (Å²) in [6, 6.07) is 0. The summed E-state index contributed by atoms with van der Waals surface area (Å²) in [4.78, 5) is 24.0. The molecule has 0 aromatic rings. The molecule has 5 heteroatoms. The van der Waals surface area contributed by atoms with Crippen molar-refractivity contribution in [3.05, 3.63) is 23.3 Å². The second-order valence-corrected chi connectivity index (χ2v) is 10.0. The Balaban J connectivity index is 1.52. The third-order valence-corrected chi connectivity index (χ3v) is 9.21. The van der Waals surface area contributed by atoms with Crippen LogP contribution in [0.2, 0.25) is 0 Å². The second-order valence-electron chi connectivity index (χ2n) is 10.0. The summed E-state index contributed by atoms with van der Waals surface area (Å²) in [6.45, 7) is 2.53. The Kier molecular flexibility index (Phi) is 3.99. The minimum atomic E-state index is -0.832. The fourth-order valence-corrected chi connectivity index (χ4v) is 7.72. The van der Waals surface area contributed by atoms with Gasteiger partial charge in [-0.3, -0.25) is 0 Å². The van der Waals surface area contributed by atoms with Gasteiger partial charge in [0.2, 0.25) is 0 Å². The van der Waals surface area contributed by atoms with Gasteiger partial charge in [0.1, 0.15) is 12.9 Å². The molecule has 2 N–H and O–H groups in total. The molecule has 1 heterocycles. The van der Waals surface area contributed by atoms with Gasteiger partial charge >= 0.3 is 5.97 Å². The quantitative estimate of drug-likeness (QED) is 0.433. The summed E-state index contributed by atoms with van der Waals surface area (Å²) < 4.78 is 5.16. The summed E-state index contributed by atoms with van der Waals surface area (Å²) in [5.74, 6) is 0.0908. The molecule has 1 aliphatic heterocycles. The number of esters is 1. The van der Waals surface area contributed by atoms with E-state index in [2.05, 4.69) is 13.0 Å². The maximum absolute atomic E-state index is 12.4. The van der Waals surface area contributed by atoms with Crippen LogP contribution in [0.5, 0.6) is 0 Å². The first-order valence-corrected chi connectivity index (χ1v) is 10.8. The van der Waals surface area contributed by atoms with Crippen LogP contribution in [-0.2, 0) is 14.3 Å². The zero-order chi connectivity index (χ0) is 19.7. The molecule has 7 atom stereocenters. The number of fused-ring (bicyclic) bond motifs is 5. The Morgan fingerprint density at radius 1 is 1.18 bits per heavy atom. The summed E-state index contributed by atoms with van der Waals surface area (Å²) in [6.07, 6.45) is 10.6. The molecular weight excluding hydrogens is 356 g/mol. The fourth-order valence-electron chi connectivity index (χ4n) is 7.72. The van der Waals surface area contributed by atoms with E-state index < -0.39 is 11.0 Å². The SMILES string of the molecule is C[C@]12CC[C@@H]3[C@@H](CC=C4C[C@@H](O)CC[C@@]43C=O)[C@@]1(O)CC[C@@H]2C1=CC(=O)OC1. The van der Waals surface area contributed by atoms with Crippen LogP contribution in [0.25, 0.3) is 0 Å². The van der Waals surface area contributed by atoms with E-state index in [1.54, 1.807) is 6.08 Å². The molecule has 3 saturated carbocycles. The van der Waals surface area contributed by atoms with Crippen molar-refractivity contribution >= 4 is 12.3 Å². The van der Waals surface area contributed by atoms with Gasteiger partial charge in [0.15, 0.2) is 0 Å². The van der Waals surface area contributed by atoms with Crippen molar-refractivity contribution in [2.45, 2.75) is 70.0 Å². The molecule has 5 aliphatic rings. The largest absolute Gasteiger partial charge is 0.458 e. The molecule has 0 unspecified atom stereocenters. The molecular formula is C23H30O5. The monoisotopic (exact) mass is 386 g/mol. The molecule has 3 fully saturated rings. The van der Waals surface area contributed by atoms with Crippen LogP contribution in [0.3, 0.4) is 0 Å². The minimum Gasteiger partial charge on any atom is -0.458 e. The summed E-state index contributed by atoms with van der Waals surface area (Å²) >= 11 is 0. The van der Waals surface area contributed by atoms with Gasteiger partial charge in [0.05, 0.1) is 17.1 Å². The first-order chi connectivity index (χ1) is 13.3. The fraction of sp³-hybridized carbons (Fsp3) is 0.739. The van der Waals surface area contributed by atoms with Crippen LogP contribution in [-0.4, -0.2) is 40.8 Å².